The highest BCUT2D eigenvalue weighted by Gasteiger charge is 2.26. The van der Waals surface area contributed by atoms with Crippen molar-refractivity contribution in [2.45, 2.75) is 37.6 Å². The zero-order valence-electron chi connectivity index (χ0n) is 11.9. The number of rotatable bonds is 5. The van der Waals surface area contributed by atoms with Gasteiger partial charge in [-0.2, -0.15) is 4.37 Å². The van der Waals surface area contributed by atoms with Crippen LogP contribution in [0, 0.1) is 0 Å². The molecule has 0 bridgehead atoms. The van der Waals surface area contributed by atoms with E-state index in [0.717, 1.165) is 44.0 Å². The summed E-state index contributed by atoms with van der Waals surface area (Å²) < 4.78 is 28.2. The van der Waals surface area contributed by atoms with E-state index in [1.165, 1.54) is 0 Å². The van der Waals surface area contributed by atoms with Crippen molar-refractivity contribution >= 4 is 32.2 Å². The van der Waals surface area contributed by atoms with Crippen LogP contribution in [-0.4, -0.2) is 49.1 Å². The van der Waals surface area contributed by atoms with Gasteiger partial charge in [0.05, 0.1) is 5.75 Å². The Kier molecular flexibility index (Phi) is 4.87. The maximum absolute atomic E-state index is 12.1. The molecule has 0 radical (unpaired) electrons. The Labute approximate surface area is 124 Å². The molecule has 20 heavy (non-hydrogen) atoms. The van der Waals surface area contributed by atoms with Crippen LogP contribution < -0.4 is 11.1 Å². The topological polar surface area (TPSA) is 88.3 Å². The number of hydrogen-bond acceptors (Lipinski definition) is 7. The zero-order valence-corrected chi connectivity index (χ0v) is 13.6. The summed E-state index contributed by atoms with van der Waals surface area (Å²) in [4.78, 5) is 2.54. The number of sulfone groups is 1. The monoisotopic (exact) mass is 318 g/mol. The fourth-order valence-corrected chi connectivity index (χ4v) is 4.71. The Hall–Kier alpha value is -0.860. The SMILES string of the molecule is CCN1CCCC(Nc2snc(N)c2S(=O)(=O)CC)C1. The van der Waals surface area contributed by atoms with Gasteiger partial charge in [-0.05, 0) is 37.5 Å². The second-order valence-electron chi connectivity index (χ2n) is 5.01. The molecular formula is C12H22N4O2S2. The molecule has 0 saturated carbocycles. The highest BCUT2D eigenvalue weighted by molar-refractivity contribution is 7.91. The molecule has 1 aliphatic heterocycles. The van der Waals surface area contributed by atoms with Crippen LogP contribution >= 0.6 is 11.5 Å². The summed E-state index contributed by atoms with van der Waals surface area (Å²) in [5.74, 6) is 0.151. The highest BCUT2D eigenvalue weighted by Crippen LogP contribution is 2.33. The molecule has 1 unspecified atom stereocenters. The van der Waals surface area contributed by atoms with E-state index < -0.39 is 9.84 Å². The molecule has 1 aliphatic rings. The van der Waals surface area contributed by atoms with Gasteiger partial charge in [0, 0.05) is 12.6 Å². The second kappa shape index (κ2) is 6.28. The van der Waals surface area contributed by atoms with Gasteiger partial charge in [0.2, 0.25) is 0 Å². The van der Waals surface area contributed by atoms with Crippen molar-refractivity contribution in [2.24, 2.45) is 0 Å². The lowest BCUT2D eigenvalue weighted by Gasteiger charge is -2.32. The fraction of sp³-hybridized carbons (Fsp3) is 0.750. The first-order chi connectivity index (χ1) is 9.47. The molecular weight excluding hydrogens is 296 g/mol. The Bertz CT molecular complexity index is 556. The average Bonchev–Trinajstić information content (AvgIpc) is 2.80. The molecule has 1 aromatic rings. The lowest BCUT2D eigenvalue weighted by atomic mass is 10.1. The number of hydrogen-bond donors (Lipinski definition) is 2. The van der Waals surface area contributed by atoms with Crippen LogP contribution in [-0.2, 0) is 9.84 Å². The van der Waals surface area contributed by atoms with Crippen molar-refractivity contribution < 1.29 is 8.42 Å². The van der Waals surface area contributed by atoms with Crippen molar-refractivity contribution in [3.63, 3.8) is 0 Å². The summed E-state index contributed by atoms with van der Waals surface area (Å²) in [6.45, 7) is 6.82. The van der Waals surface area contributed by atoms with Gasteiger partial charge < -0.3 is 16.0 Å². The highest BCUT2D eigenvalue weighted by atomic mass is 32.2. The van der Waals surface area contributed by atoms with E-state index in [2.05, 4.69) is 21.5 Å². The van der Waals surface area contributed by atoms with Crippen LogP contribution in [0.5, 0.6) is 0 Å². The molecule has 0 aromatic carbocycles. The lowest BCUT2D eigenvalue weighted by molar-refractivity contribution is 0.227. The summed E-state index contributed by atoms with van der Waals surface area (Å²) in [7, 11) is -3.34. The largest absolute Gasteiger partial charge is 0.382 e. The van der Waals surface area contributed by atoms with Gasteiger partial charge >= 0.3 is 0 Å². The van der Waals surface area contributed by atoms with Crippen LogP contribution in [0.15, 0.2) is 4.90 Å². The molecule has 0 spiro atoms. The van der Waals surface area contributed by atoms with E-state index in [0.29, 0.717) is 5.00 Å². The van der Waals surface area contributed by atoms with E-state index >= 15 is 0 Å². The maximum Gasteiger partial charge on any atom is 0.184 e. The van der Waals surface area contributed by atoms with E-state index in [4.69, 9.17) is 5.73 Å². The molecule has 114 valence electrons. The third kappa shape index (κ3) is 3.24. The molecule has 2 rings (SSSR count). The van der Waals surface area contributed by atoms with E-state index in [1.54, 1.807) is 6.92 Å². The van der Waals surface area contributed by atoms with Crippen LogP contribution in [0.3, 0.4) is 0 Å². The molecule has 1 saturated heterocycles. The van der Waals surface area contributed by atoms with Gasteiger partial charge in [0.15, 0.2) is 15.7 Å². The van der Waals surface area contributed by atoms with Gasteiger partial charge in [0.25, 0.3) is 0 Å². The van der Waals surface area contributed by atoms with Gasteiger partial charge in [-0.15, -0.1) is 0 Å². The number of aromatic nitrogens is 1. The third-order valence-corrected chi connectivity index (χ3v) is 6.37. The fourth-order valence-electron chi connectivity index (χ4n) is 2.48. The summed E-state index contributed by atoms with van der Waals surface area (Å²) >= 11 is 1.14. The van der Waals surface area contributed by atoms with Gasteiger partial charge in [-0.3, -0.25) is 0 Å². The number of nitrogens with zero attached hydrogens (tertiary/aromatic N) is 2. The number of nitrogen functional groups attached to an aromatic ring is 1. The predicted octanol–water partition coefficient (Wildman–Crippen LogP) is 1.42. The van der Waals surface area contributed by atoms with Crippen LogP contribution in [0.1, 0.15) is 26.7 Å². The molecule has 2 heterocycles. The smallest absolute Gasteiger partial charge is 0.184 e. The molecule has 3 N–H and O–H groups in total. The number of likely N-dealkylation sites (N-methyl/N-ethyl adjacent to an activating group) is 1. The lowest BCUT2D eigenvalue weighted by Crippen LogP contribution is -2.41. The summed E-state index contributed by atoms with van der Waals surface area (Å²) in [6, 6.07) is 0.259. The molecule has 0 amide bonds. The van der Waals surface area contributed by atoms with Gasteiger partial charge in [-0.1, -0.05) is 13.8 Å². The number of nitrogens with one attached hydrogen (secondary N) is 1. The number of likely N-dealkylation sites (tertiary alicyclic amines) is 1. The van der Waals surface area contributed by atoms with Crippen LogP contribution in [0.2, 0.25) is 0 Å². The van der Waals surface area contributed by atoms with Crippen molar-refractivity contribution in [3.8, 4) is 0 Å². The van der Waals surface area contributed by atoms with E-state index in [9.17, 15) is 8.42 Å². The molecule has 0 aliphatic carbocycles. The minimum Gasteiger partial charge on any atom is -0.382 e. The number of piperidine rings is 1. The van der Waals surface area contributed by atoms with Crippen molar-refractivity contribution in [3.05, 3.63) is 0 Å². The van der Waals surface area contributed by atoms with Crippen molar-refractivity contribution in [2.75, 3.05) is 36.4 Å². The van der Waals surface area contributed by atoms with Gasteiger partial charge in [-0.25, -0.2) is 8.42 Å². The number of anilines is 2. The molecule has 8 heteroatoms. The second-order valence-corrected chi connectivity index (χ2v) is 7.99. The first kappa shape index (κ1) is 15.5. The van der Waals surface area contributed by atoms with Gasteiger partial charge in [0.1, 0.15) is 9.90 Å². The Morgan fingerprint density at radius 1 is 1.50 bits per heavy atom. The maximum atomic E-state index is 12.1. The zero-order chi connectivity index (χ0) is 14.8. The van der Waals surface area contributed by atoms with Crippen molar-refractivity contribution in [1.29, 1.82) is 0 Å². The summed E-state index contributed by atoms with van der Waals surface area (Å²) in [6.07, 6.45) is 2.16. The van der Waals surface area contributed by atoms with Crippen LogP contribution in [0.4, 0.5) is 10.8 Å². The summed E-state index contributed by atoms with van der Waals surface area (Å²) in [5, 5.41) is 3.92. The molecule has 1 aromatic heterocycles. The van der Waals surface area contributed by atoms with Crippen molar-refractivity contribution in [1.82, 2.24) is 9.27 Å². The van der Waals surface area contributed by atoms with E-state index in [1.807, 2.05) is 0 Å². The minimum absolute atomic E-state index is 0.0377. The van der Waals surface area contributed by atoms with Crippen LogP contribution in [0.25, 0.3) is 0 Å². The summed E-state index contributed by atoms with van der Waals surface area (Å²) in [5.41, 5.74) is 5.73. The molecule has 6 nitrogen and oxygen atoms in total. The van der Waals surface area contributed by atoms with E-state index in [-0.39, 0.29) is 22.5 Å². The standard InChI is InChI=1S/C12H22N4O2S2/c1-3-16-7-5-6-9(8-16)14-12-10(11(13)15-19-12)20(17,18)4-2/h9,14H,3-8H2,1-2H3,(H2,13,15). The quantitative estimate of drug-likeness (QED) is 0.853. The first-order valence-electron chi connectivity index (χ1n) is 6.94. The third-order valence-electron chi connectivity index (χ3n) is 3.65. The Balaban J connectivity index is 2.18. The first-order valence-corrected chi connectivity index (χ1v) is 9.37. The number of nitrogens with two attached hydrogens (primary N) is 1. The predicted molar refractivity (Wildman–Crippen MR) is 83.0 cm³/mol. The molecule has 1 fully saturated rings. The molecule has 1 atom stereocenters. The Morgan fingerprint density at radius 2 is 2.25 bits per heavy atom. The normalized spacial score (nSPS) is 21.0. The Morgan fingerprint density at radius 3 is 2.90 bits per heavy atom. The minimum atomic E-state index is -3.34. The average molecular weight is 318 g/mol.